The van der Waals surface area contributed by atoms with Crippen LogP contribution in [0.25, 0.3) is 11.3 Å². The first kappa shape index (κ1) is 18.6. The van der Waals surface area contributed by atoms with E-state index in [0.717, 1.165) is 17.5 Å². The minimum atomic E-state index is -2.89. The van der Waals surface area contributed by atoms with Gasteiger partial charge in [-0.25, -0.2) is 4.68 Å². The molecule has 0 fully saturated rings. The second-order valence-electron chi connectivity index (χ2n) is 5.32. The van der Waals surface area contributed by atoms with Crippen molar-refractivity contribution in [3.63, 3.8) is 0 Å². The molecule has 1 amide bonds. The van der Waals surface area contributed by atoms with Gasteiger partial charge in [-0.15, -0.1) is 0 Å². The molecule has 0 saturated carbocycles. The Morgan fingerprint density at radius 2 is 1.96 bits per heavy atom. The van der Waals surface area contributed by atoms with Gasteiger partial charge in [0.1, 0.15) is 12.3 Å². The highest BCUT2D eigenvalue weighted by Gasteiger charge is 2.09. The summed E-state index contributed by atoms with van der Waals surface area (Å²) in [5.41, 5.74) is 0.665. The van der Waals surface area contributed by atoms with Crippen molar-refractivity contribution in [2.24, 2.45) is 0 Å². The molecule has 0 radical (unpaired) electrons. The molecule has 2 rings (SSSR count). The van der Waals surface area contributed by atoms with E-state index >= 15 is 0 Å². The van der Waals surface area contributed by atoms with Gasteiger partial charge in [0.2, 0.25) is 5.91 Å². The number of unbranched alkanes of at least 4 members (excludes halogenated alkanes) is 1. The molecule has 0 aliphatic heterocycles. The number of hydrogen-bond donors (Lipinski definition) is 1. The van der Waals surface area contributed by atoms with Crippen LogP contribution in [0.15, 0.2) is 41.2 Å². The molecule has 0 spiro atoms. The number of nitrogens with zero attached hydrogens (tertiary/aromatic N) is 2. The standard InChI is InChI=1S/C17H19F2N3O3/c1-2-3-10-20-15(23)11-22-16(24)9-8-14(21-22)12-4-6-13(7-5-12)25-17(18)19/h4-9,17H,2-3,10-11H2,1H3,(H,20,23). The summed E-state index contributed by atoms with van der Waals surface area (Å²) in [6.07, 6.45) is 1.82. The number of carbonyl (C=O) groups is 1. The summed E-state index contributed by atoms with van der Waals surface area (Å²) < 4.78 is 29.7. The summed E-state index contributed by atoms with van der Waals surface area (Å²) in [5.74, 6) is -0.261. The van der Waals surface area contributed by atoms with E-state index < -0.39 is 12.2 Å². The molecule has 6 nitrogen and oxygen atoms in total. The molecule has 0 bridgehead atoms. The van der Waals surface area contributed by atoms with Crippen LogP contribution in [-0.2, 0) is 11.3 Å². The highest BCUT2D eigenvalue weighted by Crippen LogP contribution is 2.21. The van der Waals surface area contributed by atoms with Gasteiger partial charge in [0, 0.05) is 18.2 Å². The van der Waals surface area contributed by atoms with Gasteiger partial charge in [-0.2, -0.15) is 13.9 Å². The molecule has 1 aromatic heterocycles. The second kappa shape index (κ2) is 8.91. The summed E-state index contributed by atoms with van der Waals surface area (Å²) in [4.78, 5) is 23.7. The van der Waals surface area contributed by atoms with Crippen LogP contribution in [0.2, 0.25) is 0 Å². The van der Waals surface area contributed by atoms with Gasteiger partial charge in [0.25, 0.3) is 5.56 Å². The maximum atomic E-state index is 12.2. The molecular weight excluding hydrogens is 332 g/mol. The molecule has 0 saturated heterocycles. The van der Waals surface area contributed by atoms with Crippen molar-refractivity contribution < 1.29 is 18.3 Å². The number of nitrogens with one attached hydrogen (secondary N) is 1. The number of hydrogen-bond acceptors (Lipinski definition) is 4. The van der Waals surface area contributed by atoms with E-state index in [2.05, 4.69) is 15.2 Å². The first-order valence-electron chi connectivity index (χ1n) is 7.89. The molecule has 134 valence electrons. The van der Waals surface area contributed by atoms with Gasteiger partial charge >= 0.3 is 6.61 Å². The zero-order chi connectivity index (χ0) is 18.2. The number of alkyl halides is 2. The number of rotatable bonds is 8. The molecular formula is C17H19F2N3O3. The monoisotopic (exact) mass is 351 g/mol. The van der Waals surface area contributed by atoms with E-state index in [-0.39, 0.29) is 18.2 Å². The van der Waals surface area contributed by atoms with Gasteiger partial charge in [-0.1, -0.05) is 13.3 Å². The zero-order valence-corrected chi connectivity index (χ0v) is 13.7. The molecule has 25 heavy (non-hydrogen) atoms. The van der Waals surface area contributed by atoms with Gasteiger partial charge < -0.3 is 10.1 Å². The van der Waals surface area contributed by atoms with Gasteiger partial charge in [-0.05, 0) is 36.8 Å². The normalized spacial score (nSPS) is 10.7. The molecule has 0 aliphatic carbocycles. The first-order valence-corrected chi connectivity index (χ1v) is 7.89. The Bertz CT molecular complexity index is 760. The maximum absolute atomic E-state index is 12.2. The molecule has 0 unspecified atom stereocenters. The highest BCUT2D eigenvalue weighted by atomic mass is 19.3. The lowest BCUT2D eigenvalue weighted by Crippen LogP contribution is -2.33. The summed E-state index contributed by atoms with van der Waals surface area (Å²) >= 11 is 0. The van der Waals surface area contributed by atoms with Crippen molar-refractivity contribution in [2.75, 3.05) is 6.54 Å². The number of aromatic nitrogens is 2. The van der Waals surface area contributed by atoms with E-state index in [0.29, 0.717) is 17.8 Å². The van der Waals surface area contributed by atoms with Crippen molar-refractivity contribution in [3.8, 4) is 17.0 Å². The van der Waals surface area contributed by atoms with Gasteiger partial charge in [-0.3, -0.25) is 9.59 Å². The minimum Gasteiger partial charge on any atom is -0.435 e. The Balaban J connectivity index is 2.12. The van der Waals surface area contributed by atoms with Crippen LogP contribution in [-0.4, -0.2) is 28.8 Å². The molecule has 1 N–H and O–H groups in total. The predicted molar refractivity (Wildman–Crippen MR) is 88.5 cm³/mol. The van der Waals surface area contributed by atoms with E-state index in [4.69, 9.17) is 0 Å². The molecule has 0 aliphatic rings. The highest BCUT2D eigenvalue weighted by molar-refractivity contribution is 5.75. The average molecular weight is 351 g/mol. The molecule has 2 aromatic rings. The largest absolute Gasteiger partial charge is 0.435 e. The lowest BCUT2D eigenvalue weighted by molar-refractivity contribution is -0.121. The summed E-state index contributed by atoms with van der Waals surface area (Å²) in [5, 5.41) is 6.87. The Morgan fingerprint density at radius 1 is 1.24 bits per heavy atom. The molecule has 1 heterocycles. The third-order valence-corrected chi connectivity index (χ3v) is 3.39. The average Bonchev–Trinajstić information content (AvgIpc) is 2.57. The Labute approximate surface area is 143 Å². The predicted octanol–water partition coefficient (Wildman–Crippen LogP) is 2.43. The number of amides is 1. The Kier molecular flexibility index (Phi) is 6.62. The zero-order valence-electron chi connectivity index (χ0n) is 13.7. The van der Waals surface area contributed by atoms with Crippen molar-refractivity contribution in [2.45, 2.75) is 32.9 Å². The summed E-state index contributed by atoms with van der Waals surface area (Å²) in [6.45, 7) is -0.505. The van der Waals surface area contributed by atoms with Crippen LogP contribution in [0.3, 0.4) is 0 Å². The van der Waals surface area contributed by atoms with E-state index in [1.54, 1.807) is 12.1 Å². The molecule has 8 heteroatoms. The van der Waals surface area contributed by atoms with E-state index in [1.807, 2.05) is 6.92 Å². The van der Waals surface area contributed by atoms with Crippen LogP contribution in [0.5, 0.6) is 5.75 Å². The van der Waals surface area contributed by atoms with Gasteiger partial charge in [0.05, 0.1) is 5.69 Å². The van der Waals surface area contributed by atoms with Gasteiger partial charge in [0.15, 0.2) is 0 Å². The van der Waals surface area contributed by atoms with Crippen LogP contribution < -0.4 is 15.6 Å². The fraction of sp³-hybridized carbons (Fsp3) is 0.353. The maximum Gasteiger partial charge on any atom is 0.387 e. The Hall–Kier alpha value is -2.77. The molecule has 1 aromatic carbocycles. The van der Waals surface area contributed by atoms with Crippen molar-refractivity contribution >= 4 is 5.91 Å². The second-order valence-corrected chi connectivity index (χ2v) is 5.32. The summed E-state index contributed by atoms with van der Waals surface area (Å²) in [6, 6.07) is 8.69. The third kappa shape index (κ3) is 5.66. The van der Waals surface area contributed by atoms with Crippen LogP contribution in [0, 0.1) is 0 Å². The van der Waals surface area contributed by atoms with Crippen LogP contribution in [0.1, 0.15) is 19.8 Å². The van der Waals surface area contributed by atoms with E-state index in [9.17, 15) is 18.4 Å². The number of halogens is 2. The first-order chi connectivity index (χ1) is 12.0. The number of benzene rings is 1. The third-order valence-electron chi connectivity index (χ3n) is 3.39. The quantitative estimate of drug-likeness (QED) is 0.742. The van der Waals surface area contributed by atoms with Crippen molar-refractivity contribution in [1.29, 1.82) is 0 Å². The Morgan fingerprint density at radius 3 is 2.60 bits per heavy atom. The topological polar surface area (TPSA) is 73.2 Å². The summed E-state index contributed by atoms with van der Waals surface area (Å²) in [7, 11) is 0. The smallest absolute Gasteiger partial charge is 0.387 e. The fourth-order valence-corrected chi connectivity index (χ4v) is 2.12. The molecule has 0 atom stereocenters. The number of ether oxygens (including phenoxy) is 1. The van der Waals surface area contributed by atoms with Crippen molar-refractivity contribution in [3.05, 3.63) is 46.8 Å². The lowest BCUT2D eigenvalue weighted by atomic mass is 10.1. The lowest BCUT2D eigenvalue weighted by Gasteiger charge is -2.09. The SMILES string of the molecule is CCCCNC(=O)Cn1nc(-c2ccc(OC(F)F)cc2)ccc1=O. The van der Waals surface area contributed by atoms with E-state index in [1.165, 1.54) is 24.3 Å². The number of carbonyl (C=O) groups excluding carboxylic acids is 1. The van der Waals surface area contributed by atoms with Crippen LogP contribution >= 0.6 is 0 Å². The fourth-order valence-electron chi connectivity index (χ4n) is 2.12. The van der Waals surface area contributed by atoms with Crippen LogP contribution in [0.4, 0.5) is 8.78 Å². The van der Waals surface area contributed by atoms with Crippen molar-refractivity contribution in [1.82, 2.24) is 15.1 Å². The minimum absolute atomic E-state index is 0.0300.